The Kier molecular flexibility index (Phi) is 4.84. The Morgan fingerprint density at radius 2 is 1.90 bits per heavy atom. The zero-order valence-corrected chi connectivity index (χ0v) is 13.8. The number of amides is 1. The summed E-state index contributed by atoms with van der Waals surface area (Å²) in [6.45, 7) is 6.35. The number of nitrogens with zero attached hydrogens (tertiary/aromatic N) is 1. The molecule has 1 aromatic rings. The first-order valence-corrected chi connectivity index (χ1v) is 8.32. The standard InChI is InChI=1S/C16H23NO3S/c1-16(2,3)20-15(19)17-9-13(14(18)10-17)11-5-7-12(21-4)8-6-11/h5-8,13-14,18H,9-10H2,1-4H3. The van der Waals surface area contributed by atoms with Gasteiger partial charge in [-0.15, -0.1) is 11.8 Å². The van der Waals surface area contributed by atoms with Crippen LogP contribution in [-0.2, 0) is 4.74 Å². The van der Waals surface area contributed by atoms with Gasteiger partial charge in [0.1, 0.15) is 5.60 Å². The van der Waals surface area contributed by atoms with Crippen LogP contribution >= 0.6 is 11.8 Å². The Bertz CT molecular complexity index is 495. The van der Waals surface area contributed by atoms with E-state index >= 15 is 0 Å². The van der Waals surface area contributed by atoms with Crippen molar-refractivity contribution in [2.24, 2.45) is 0 Å². The van der Waals surface area contributed by atoms with Gasteiger partial charge in [-0.2, -0.15) is 0 Å². The molecule has 1 aliphatic rings. The van der Waals surface area contributed by atoms with Crippen LogP contribution in [0.15, 0.2) is 29.2 Å². The van der Waals surface area contributed by atoms with Gasteiger partial charge in [0.15, 0.2) is 0 Å². The third-order valence-electron chi connectivity index (χ3n) is 3.48. The van der Waals surface area contributed by atoms with Crippen LogP contribution in [0.4, 0.5) is 4.79 Å². The number of likely N-dealkylation sites (tertiary alicyclic amines) is 1. The molecule has 2 atom stereocenters. The molecule has 4 nitrogen and oxygen atoms in total. The summed E-state index contributed by atoms with van der Waals surface area (Å²) in [6.07, 6.45) is 1.13. The van der Waals surface area contributed by atoms with Crippen LogP contribution in [-0.4, -0.2) is 47.1 Å². The van der Waals surface area contributed by atoms with Gasteiger partial charge in [-0.05, 0) is 44.7 Å². The zero-order valence-electron chi connectivity index (χ0n) is 13.0. The maximum atomic E-state index is 12.1. The number of aliphatic hydroxyl groups excluding tert-OH is 1. The highest BCUT2D eigenvalue weighted by molar-refractivity contribution is 7.98. The van der Waals surface area contributed by atoms with Crippen LogP contribution in [0.5, 0.6) is 0 Å². The van der Waals surface area contributed by atoms with Crippen LogP contribution in [0.1, 0.15) is 32.3 Å². The number of β-amino-alcohol motifs (C(OH)–C–C–N with tert-alkyl or cyclic N) is 1. The fraction of sp³-hybridized carbons (Fsp3) is 0.562. The van der Waals surface area contributed by atoms with Crippen molar-refractivity contribution in [3.05, 3.63) is 29.8 Å². The summed E-state index contributed by atoms with van der Waals surface area (Å²) in [5.41, 5.74) is 0.548. The van der Waals surface area contributed by atoms with Crippen molar-refractivity contribution in [2.75, 3.05) is 19.3 Å². The predicted molar refractivity (Wildman–Crippen MR) is 84.8 cm³/mol. The van der Waals surface area contributed by atoms with Crippen molar-refractivity contribution in [1.29, 1.82) is 0 Å². The first-order chi connectivity index (χ1) is 9.80. The molecular weight excluding hydrogens is 286 g/mol. The Labute approximate surface area is 130 Å². The number of benzene rings is 1. The Morgan fingerprint density at radius 3 is 2.43 bits per heavy atom. The van der Waals surface area contributed by atoms with Crippen molar-refractivity contribution in [2.45, 2.75) is 43.3 Å². The fourth-order valence-corrected chi connectivity index (χ4v) is 2.85. The van der Waals surface area contributed by atoms with Crippen LogP contribution in [0.3, 0.4) is 0 Å². The van der Waals surface area contributed by atoms with Gasteiger partial charge in [0.25, 0.3) is 0 Å². The lowest BCUT2D eigenvalue weighted by molar-refractivity contribution is 0.0270. The first-order valence-electron chi connectivity index (χ1n) is 7.10. The molecule has 1 N–H and O–H groups in total. The Hall–Kier alpha value is -1.20. The highest BCUT2D eigenvalue weighted by Crippen LogP contribution is 2.30. The van der Waals surface area contributed by atoms with Crippen LogP contribution < -0.4 is 0 Å². The van der Waals surface area contributed by atoms with Gasteiger partial charge < -0.3 is 14.7 Å². The van der Waals surface area contributed by atoms with Gasteiger partial charge in [0, 0.05) is 17.4 Å². The number of carbonyl (C=O) groups is 1. The van der Waals surface area contributed by atoms with E-state index in [4.69, 9.17) is 4.74 Å². The largest absolute Gasteiger partial charge is 0.444 e. The summed E-state index contributed by atoms with van der Waals surface area (Å²) in [7, 11) is 0. The fourth-order valence-electron chi connectivity index (χ4n) is 2.44. The van der Waals surface area contributed by atoms with Crippen LogP contribution in [0.2, 0.25) is 0 Å². The second-order valence-electron chi connectivity index (χ2n) is 6.33. The lowest BCUT2D eigenvalue weighted by Gasteiger charge is -2.24. The summed E-state index contributed by atoms with van der Waals surface area (Å²) in [4.78, 5) is 14.8. The van der Waals surface area contributed by atoms with Gasteiger partial charge in [0.2, 0.25) is 0 Å². The van der Waals surface area contributed by atoms with E-state index in [0.717, 1.165) is 5.56 Å². The summed E-state index contributed by atoms with van der Waals surface area (Å²) in [5.74, 6) is -0.0478. The van der Waals surface area contributed by atoms with E-state index < -0.39 is 11.7 Å². The second-order valence-corrected chi connectivity index (χ2v) is 7.21. The number of ether oxygens (including phenoxy) is 1. The Morgan fingerprint density at radius 1 is 1.29 bits per heavy atom. The highest BCUT2D eigenvalue weighted by Gasteiger charge is 2.36. The summed E-state index contributed by atoms with van der Waals surface area (Å²) < 4.78 is 5.36. The molecule has 0 bridgehead atoms. The average Bonchev–Trinajstić information content (AvgIpc) is 2.79. The molecule has 1 aliphatic heterocycles. The van der Waals surface area contributed by atoms with E-state index in [0.29, 0.717) is 13.1 Å². The quantitative estimate of drug-likeness (QED) is 0.853. The third kappa shape index (κ3) is 4.14. The minimum absolute atomic E-state index is 0.0478. The molecule has 2 rings (SSSR count). The summed E-state index contributed by atoms with van der Waals surface area (Å²) >= 11 is 1.69. The number of hydrogen-bond donors (Lipinski definition) is 1. The molecule has 0 aliphatic carbocycles. The SMILES string of the molecule is CSc1ccc(C2CN(C(=O)OC(C)(C)C)CC2O)cc1. The van der Waals surface area contributed by atoms with E-state index in [1.165, 1.54) is 4.90 Å². The molecule has 1 fully saturated rings. The molecule has 0 radical (unpaired) electrons. The zero-order chi connectivity index (χ0) is 15.6. The van der Waals surface area contributed by atoms with Crippen LogP contribution in [0, 0.1) is 0 Å². The molecule has 1 amide bonds. The van der Waals surface area contributed by atoms with Gasteiger partial charge >= 0.3 is 6.09 Å². The smallest absolute Gasteiger partial charge is 0.410 e. The maximum absolute atomic E-state index is 12.1. The molecule has 1 saturated heterocycles. The van der Waals surface area contributed by atoms with E-state index in [2.05, 4.69) is 0 Å². The Balaban J connectivity index is 2.05. The van der Waals surface area contributed by atoms with Gasteiger partial charge in [-0.25, -0.2) is 4.79 Å². The molecule has 116 valence electrons. The summed E-state index contributed by atoms with van der Waals surface area (Å²) in [5, 5.41) is 10.2. The topological polar surface area (TPSA) is 49.8 Å². The predicted octanol–water partition coefficient (Wildman–Crippen LogP) is 3.10. The van der Waals surface area contributed by atoms with Crippen molar-refractivity contribution in [1.82, 2.24) is 4.90 Å². The van der Waals surface area contributed by atoms with E-state index in [1.54, 1.807) is 16.7 Å². The van der Waals surface area contributed by atoms with Crippen molar-refractivity contribution in [3.63, 3.8) is 0 Å². The van der Waals surface area contributed by atoms with E-state index in [9.17, 15) is 9.90 Å². The van der Waals surface area contributed by atoms with Crippen LogP contribution in [0.25, 0.3) is 0 Å². The van der Waals surface area contributed by atoms with Crippen molar-refractivity contribution in [3.8, 4) is 0 Å². The number of carbonyl (C=O) groups excluding carboxylic acids is 1. The lowest BCUT2D eigenvalue weighted by Crippen LogP contribution is -2.35. The number of rotatable bonds is 2. The number of thioether (sulfide) groups is 1. The molecule has 2 unspecified atom stereocenters. The van der Waals surface area contributed by atoms with E-state index in [1.807, 2.05) is 51.3 Å². The molecule has 1 aromatic carbocycles. The normalized spacial score (nSPS) is 22.4. The molecule has 0 aromatic heterocycles. The van der Waals surface area contributed by atoms with Crippen molar-refractivity contribution >= 4 is 17.9 Å². The average molecular weight is 309 g/mol. The first kappa shape index (κ1) is 16.2. The van der Waals surface area contributed by atoms with Crippen molar-refractivity contribution < 1.29 is 14.6 Å². The lowest BCUT2D eigenvalue weighted by atomic mass is 9.96. The highest BCUT2D eigenvalue weighted by atomic mass is 32.2. The van der Waals surface area contributed by atoms with Gasteiger partial charge in [-0.3, -0.25) is 0 Å². The third-order valence-corrected chi connectivity index (χ3v) is 4.23. The van der Waals surface area contributed by atoms with E-state index in [-0.39, 0.29) is 12.0 Å². The summed E-state index contributed by atoms with van der Waals surface area (Å²) in [6, 6.07) is 8.14. The second kappa shape index (κ2) is 6.28. The molecule has 1 heterocycles. The maximum Gasteiger partial charge on any atom is 0.410 e. The molecule has 0 spiro atoms. The molecule has 0 saturated carbocycles. The monoisotopic (exact) mass is 309 g/mol. The number of hydrogen-bond acceptors (Lipinski definition) is 4. The molecular formula is C16H23NO3S. The molecule has 21 heavy (non-hydrogen) atoms. The minimum Gasteiger partial charge on any atom is -0.444 e. The minimum atomic E-state index is -0.544. The number of aliphatic hydroxyl groups is 1. The molecule has 5 heteroatoms. The van der Waals surface area contributed by atoms with Gasteiger partial charge in [-0.1, -0.05) is 12.1 Å². The van der Waals surface area contributed by atoms with Gasteiger partial charge in [0.05, 0.1) is 12.6 Å².